The van der Waals surface area contributed by atoms with Crippen LogP contribution in [0.15, 0.2) is 24.3 Å². The fourth-order valence-corrected chi connectivity index (χ4v) is 2.65. The van der Waals surface area contributed by atoms with E-state index in [0.29, 0.717) is 0 Å². The molecule has 0 saturated carbocycles. The number of hydrogen-bond donors (Lipinski definition) is 1. The van der Waals surface area contributed by atoms with Crippen molar-refractivity contribution in [2.45, 2.75) is 19.4 Å². The molecule has 1 rings (SSSR count). The standard InChI is InChI=1S/C13H21NO3S/c1-4-9-14-13(10-18(3,15)16)11-5-7-12(17-2)8-6-11/h5-8,13-14H,4,9-10H2,1-3H3. The lowest BCUT2D eigenvalue weighted by molar-refractivity contribution is 0.414. The topological polar surface area (TPSA) is 55.4 Å². The second-order valence-electron chi connectivity index (χ2n) is 4.37. The fourth-order valence-electron chi connectivity index (χ4n) is 1.73. The van der Waals surface area contributed by atoms with Gasteiger partial charge in [0, 0.05) is 12.3 Å². The molecule has 1 aromatic carbocycles. The molecule has 0 bridgehead atoms. The summed E-state index contributed by atoms with van der Waals surface area (Å²) < 4.78 is 28.0. The molecule has 5 heteroatoms. The van der Waals surface area contributed by atoms with Gasteiger partial charge in [0.2, 0.25) is 0 Å². The Kier molecular flexibility index (Phi) is 5.62. The normalized spacial score (nSPS) is 13.3. The maximum absolute atomic E-state index is 11.4. The van der Waals surface area contributed by atoms with Crippen LogP contribution in [0.3, 0.4) is 0 Å². The molecule has 0 heterocycles. The fraction of sp³-hybridized carbons (Fsp3) is 0.538. The van der Waals surface area contributed by atoms with Crippen LogP contribution in [0.1, 0.15) is 24.9 Å². The highest BCUT2D eigenvalue weighted by Gasteiger charge is 2.16. The molecule has 0 aromatic heterocycles. The van der Waals surface area contributed by atoms with Crippen LogP contribution in [-0.2, 0) is 9.84 Å². The van der Waals surface area contributed by atoms with E-state index in [0.717, 1.165) is 24.3 Å². The summed E-state index contributed by atoms with van der Waals surface area (Å²) in [5.74, 6) is 0.881. The molecule has 0 fully saturated rings. The largest absolute Gasteiger partial charge is 0.497 e. The van der Waals surface area contributed by atoms with Crippen LogP contribution in [0.2, 0.25) is 0 Å². The number of hydrogen-bond acceptors (Lipinski definition) is 4. The summed E-state index contributed by atoms with van der Waals surface area (Å²) in [6.45, 7) is 2.85. The van der Waals surface area contributed by atoms with Crippen molar-refractivity contribution in [1.82, 2.24) is 5.32 Å². The van der Waals surface area contributed by atoms with E-state index in [9.17, 15) is 8.42 Å². The summed E-state index contributed by atoms with van der Waals surface area (Å²) in [6, 6.07) is 7.33. The van der Waals surface area contributed by atoms with E-state index in [1.807, 2.05) is 24.3 Å². The lowest BCUT2D eigenvalue weighted by Gasteiger charge is -2.18. The molecule has 0 radical (unpaired) electrons. The van der Waals surface area contributed by atoms with Crippen LogP contribution in [0.25, 0.3) is 0 Å². The smallest absolute Gasteiger partial charge is 0.149 e. The molecule has 18 heavy (non-hydrogen) atoms. The molecule has 4 nitrogen and oxygen atoms in total. The van der Waals surface area contributed by atoms with Gasteiger partial charge in [-0.15, -0.1) is 0 Å². The van der Waals surface area contributed by atoms with Gasteiger partial charge in [-0.25, -0.2) is 8.42 Å². The molecule has 0 amide bonds. The van der Waals surface area contributed by atoms with Crippen molar-refractivity contribution in [3.63, 3.8) is 0 Å². The number of benzene rings is 1. The first-order valence-corrected chi connectivity index (χ1v) is 8.07. The van der Waals surface area contributed by atoms with Gasteiger partial charge in [0.15, 0.2) is 0 Å². The van der Waals surface area contributed by atoms with E-state index >= 15 is 0 Å². The predicted octanol–water partition coefficient (Wildman–Crippen LogP) is 1.78. The van der Waals surface area contributed by atoms with Crippen molar-refractivity contribution in [3.8, 4) is 5.75 Å². The zero-order valence-electron chi connectivity index (χ0n) is 11.1. The lowest BCUT2D eigenvalue weighted by Crippen LogP contribution is -2.28. The third-order valence-electron chi connectivity index (χ3n) is 2.63. The molecule has 1 aromatic rings. The highest BCUT2D eigenvalue weighted by molar-refractivity contribution is 7.90. The summed E-state index contributed by atoms with van der Waals surface area (Å²) in [6.07, 6.45) is 2.23. The van der Waals surface area contributed by atoms with Gasteiger partial charge < -0.3 is 10.1 Å². The number of methoxy groups -OCH3 is 1. The summed E-state index contributed by atoms with van der Waals surface area (Å²) >= 11 is 0. The van der Waals surface area contributed by atoms with Gasteiger partial charge in [-0.1, -0.05) is 19.1 Å². The van der Waals surface area contributed by atoms with Crippen molar-refractivity contribution in [1.29, 1.82) is 0 Å². The van der Waals surface area contributed by atoms with E-state index < -0.39 is 9.84 Å². The molecule has 0 spiro atoms. The molecule has 0 aliphatic heterocycles. The maximum Gasteiger partial charge on any atom is 0.149 e. The average Bonchev–Trinajstić information content (AvgIpc) is 2.33. The Labute approximate surface area is 109 Å². The van der Waals surface area contributed by atoms with E-state index in [-0.39, 0.29) is 11.8 Å². The molecule has 1 unspecified atom stereocenters. The van der Waals surface area contributed by atoms with Crippen molar-refractivity contribution in [2.24, 2.45) is 0 Å². The number of rotatable bonds is 7. The second-order valence-corrected chi connectivity index (χ2v) is 6.56. The molecule has 0 saturated heterocycles. The Balaban J connectivity index is 2.86. The quantitative estimate of drug-likeness (QED) is 0.821. The number of sulfone groups is 1. The lowest BCUT2D eigenvalue weighted by atomic mass is 10.1. The first kappa shape index (κ1) is 15.0. The minimum atomic E-state index is -3.01. The Morgan fingerprint density at radius 1 is 1.28 bits per heavy atom. The van der Waals surface area contributed by atoms with Crippen molar-refractivity contribution in [2.75, 3.05) is 25.7 Å². The van der Waals surface area contributed by atoms with E-state index in [2.05, 4.69) is 12.2 Å². The number of ether oxygens (including phenoxy) is 1. The van der Waals surface area contributed by atoms with Crippen LogP contribution in [0.5, 0.6) is 5.75 Å². The summed E-state index contributed by atoms with van der Waals surface area (Å²) in [7, 11) is -1.40. The van der Waals surface area contributed by atoms with Crippen LogP contribution in [0, 0.1) is 0 Å². The third kappa shape index (κ3) is 5.06. The Hall–Kier alpha value is -1.07. The maximum atomic E-state index is 11.4. The van der Waals surface area contributed by atoms with E-state index in [4.69, 9.17) is 4.74 Å². The van der Waals surface area contributed by atoms with Gasteiger partial charge in [0.25, 0.3) is 0 Å². The molecule has 0 aliphatic carbocycles. The van der Waals surface area contributed by atoms with Crippen LogP contribution in [-0.4, -0.2) is 34.1 Å². The molecule has 102 valence electrons. The number of nitrogens with one attached hydrogen (secondary N) is 1. The van der Waals surface area contributed by atoms with Crippen molar-refractivity contribution >= 4 is 9.84 Å². The first-order chi connectivity index (χ1) is 8.46. The Morgan fingerprint density at radius 2 is 1.89 bits per heavy atom. The predicted molar refractivity (Wildman–Crippen MR) is 73.7 cm³/mol. The van der Waals surface area contributed by atoms with Crippen LogP contribution >= 0.6 is 0 Å². The monoisotopic (exact) mass is 271 g/mol. The third-order valence-corrected chi connectivity index (χ3v) is 3.57. The average molecular weight is 271 g/mol. The van der Waals surface area contributed by atoms with Crippen molar-refractivity contribution in [3.05, 3.63) is 29.8 Å². The van der Waals surface area contributed by atoms with Crippen molar-refractivity contribution < 1.29 is 13.2 Å². The van der Waals surface area contributed by atoms with Gasteiger partial charge >= 0.3 is 0 Å². The molecule has 1 atom stereocenters. The molecular formula is C13H21NO3S. The molecule has 1 N–H and O–H groups in total. The first-order valence-electron chi connectivity index (χ1n) is 6.01. The van der Waals surface area contributed by atoms with E-state index in [1.165, 1.54) is 6.26 Å². The highest BCUT2D eigenvalue weighted by Crippen LogP contribution is 2.19. The van der Waals surface area contributed by atoms with Crippen LogP contribution < -0.4 is 10.1 Å². The second kappa shape index (κ2) is 6.75. The minimum Gasteiger partial charge on any atom is -0.497 e. The zero-order chi connectivity index (χ0) is 13.6. The molecule has 0 aliphatic rings. The van der Waals surface area contributed by atoms with E-state index in [1.54, 1.807) is 7.11 Å². The zero-order valence-corrected chi connectivity index (χ0v) is 12.0. The van der Waals surface area contributed by atoms with Gasteiger partial charge in [0.1, 0.15) is 15.6 Å². The SMILES string of the molecule is CCCNC(CS(C)(=O)=O)c1ccc(OC)cc1. The Morgan fingerprint density at radius 3 is 2.33 bits per heavy atom. The summed E-state index contributed by atoms with van der Waals surface area (Å²) in [4.78, 5) is 0. The Bertz CT molecular complexity index is 454. The van der Waals surface area contributed by atoms with Gasteiger partial charge in [-0.2, -0.15) is 0 Å². The van der Waals surface area contributed by atoms with Crippen LogP contribution in [0.4, 0.5) is 0 Å². The van der Waals surface area contributed by atoms with Gasteiger partial charge in [-0.05, 0) is 30.7 Å². The molecular weight excluding hydrogens is 250 g/mol. The van der Waals surface area contributed by atoms with Gasteiger partial charge in [-0.3, -0.25) is 0 Å². The summed E-state index contributed by atoms with van der Waals surface area (Å²) in [5.41, 5.74) is 0.967. The summed E-state index contributed by atoms with van der Waals surface area (Å²) in [5, 5.41) is 3.26. The van der Waals surface area contributed by atoms with Gasteiger partial charge in [0.05, 0.1) is 12.9 Å². The highest BCUT2D eigenvalue weighted by atomic mass is 32.2. The minimum absolute atomic E-state index is 0.110.